The van der Waals surface area contributed by atoms with E-state index in [9.17, 15) is 5.11 Å². The zero-order valence-corrected chi connectivity index (χ0v) is 13.1. The minimum atomic E-state index is -0.118. The van der Waals surface area contributed by atoms with Crippen molar-refractivity contribution in [3.8, 4) is 0 Å². The molecular formula is C15H26N2OS. The Bertz CT molecular complexity index is 366. The van der Waals surface area contributed by atoms with Gasteiger partial charge in [0.1, 0.15) is 0 Å². The summed E-state index contributed by atoms with van der Waals surface area (Å²) in [7, 11) is 2.13. The molecule has 4 heteroatoms. The van der Waals surface area contributed by atoms with Gasteiger partial charge in [0.2, 0.25) is 0 Å². The molecule has 0 spiro atoms. The SMILES string of the molecule is CC(C)C1CCC(O)C(CN(C)Cc2cscn2)C1. The molecule has 3 atom stereocenters. The summed E-state index contributed by atoms with van der Waals surface area (Å²) in [6.07, 6.45) is 3.21. The lowest BCUT2D eigenvalue weighted by Crippen LogP contribution is -2.38. The normalized spacial score (nSPS) is 28.2. The van der Waals surface area contributed by atoms with E-state index in [1.165, 1.54) is 12.8 Å². The Hall–Kier alpha value is -0.450. The molecule has 0 bridgehead atoms. The van der Waals surface area contributed by atoms with Gasteiger partial charge < -0.3 is 10.0 Å². The predicted octanol–water partition coefficient (Wildman–Crippen LogP) is 3.01. The van der Waals surface area contributed by atoms with Gasteiger partial charge in [-0.1, -0.05) is 13.8 Å². The highest BCUT2D eigenvalue weighted by atomic mass is 32.1. The van der Waals surface area contributed by atoms with Crippen LogP contribution in [0.2, 0.25) is 0 Å². The first-order chi connectivity index (χ1) is 9.06. The van der Waals surface area contributed by atoms with Crippen LogP contribution in [-0.4, -0.2) is 34.7 Å². The van der Waals surface area contributed by atoms with E-state index >= 15 is 0 Å². The number of thiazole rings is 1. The van der Waals surface area contributed by atoms with Crippen molar-refractivity contribution in [1.82, 2.24) is 9.88 Å². The second-order valence-corrected chi connectivity index (χ2v) is 7.04. The molecular weight excluding hydrogens is 256 g/mol. The van der Waals surface area contributed by atoms with E-state index in [4.69, 9.17) is 0 Å². The standard InChI is InChI=1S/C15H26N2OS/c1-11(2)12-4-5-15(18)13(6-12)7-17(3)8-14-9-19-10-16-14/h9-13,15,18H,4-8H2,1-3H3. The first-order valence-electron chi connectivity index (χ1n) is 7.30. The third-order valence-electron chi connectivity index (χ3n) is 4.39. The summed E-state index contributed by atoms with van der Waals surface area (Å²) in [6, 6.07) is 0. The van der Waals surface area contributed by atoms with Crippen molar-refractivity contribution in [2.24, 2.45) is 17.8 Å². The fraction of sp³-hybridized carbons (Fsp3) is 0.800. The van der Waals surface area contributed by atoms with Gasteiger partial charge in [0, 0.05) is 18.5 Å². The summed E-state index contributed by atoms with van der Waals surface area (Å²) in [4.78, 5) is 6.62. The molecule has 0 amide bonds. The largest absolute Gasteiger partial charge is 0.393 e. The van der Waals surface area contributed by atoms with Crippen LogP contribution >= 0.6 is 11.3 Å². The second kappa shape index (κ2) is 6.82. The van der Waals surface area contributed by atoms with Gasteiger partial charge in [-0.25, -0.2) is 4.98 Å². The van der Waals surface area contributed by atoms with E-state index in [0.29, 0.717) is 5.92 Å². The summed E-state index contributed by atoms with van der Waals surface area (Å²) in [5, 5.41) is 12.3. The molecule has 1 fully saturated rings. The van der Waals surface area contributed by atoms with Crippen molar-refractivity contribution in [3.63, 3.8) is 0 Å². The van der Waals surface area contributed by atoms with Gasteiger partial charge >= 0.3 is 0 Å². The number of nitrogens with zero attached hydrogens (tertiary/aromatic N) is 2. The van der Waals surface area contributed by atoms with Crippen LogP contribution in [0, 0.1) is 17.8 Å². The Balaban J connectivity index is 1.85. The molecule has 1 aliphatic carbocycles. The monoisotopic (exact) mass is 282 g/mol. The lowest BCUT2D eigenvalue weighted by Gasteiger charge is -2.37. The summed E-state index contributed by atoms with van der Waals surface area (Å²) >= 11 is 1.65. The quantitative estimate of drug-likeness (QED) is 0.902. The number of aliphatic hydroxyl groups is 1. The van der Waals surface area contributed by atoms with Crippen molar-refractivity contribution < 1.29 is 5.11 Å². The molecule has 1 aromatic heterocycles. The third kappa shape index (κ3) is 4.26. The number of hydrogen-bond donors (Lipinski definition) is 1. The maximum absolute atomic E-state index is 10.2. The topological polar surface area (TPSA) is 36.4 Å². The van der Waals surface area contributed by atoms with Crippen LogP contribution in [0.15, 0.2) is 10.9 Å². The summed E-state index contributed by atoms with van der Waals surface area (Å²) in [5.41, 5.74) is 3.02. The van der Waals surface area contributed by atoms with Crippen LogP contribution in [0.5, 0.6) is 0 Å². The van der Waals surface area contributed by atoms with Gasteiger partial charge in [-0.05, 0) is 44.1 Å². The molecule has 2 rings (SSSR count). The number of hydrogen-bond acceptors (Lipinski definition) is 4. The van der Waals surface area contributed by atoms with Gasteiger partial charge in [-0.3, -0.25) is 0 Å². The molecule has 1 aliphatic rings. The van der Waals surface area contributed by atoms with Gasteiger partial charge in [-0.2, -0.15) is 0 Å². The molecule has 0 aliphatic heterocycles. The lowest BCUT2D eigenvalue weighted by atomic mass is 9.74. The maximum atomic E-state index is 10.2. The van der Waals surface area contributed by atoms with Gasteiger partial charge in [0.05, 0.1) is 17.3 Å². The molecule has 0 aromatic carbocycles. The fourth-order valence-corrected chi connectivity index (χ4v) is 3.69. The number of aliphatic hydroxyl groups excluding tert-OH is 1. The van der Waals surface area contributed by atoms with Gasteiger partial charge in [0.15, 0.2) is 0 Å². The van der Waals surface area contributed by atoms with E-state index in [-0.39, 0.29) is 6.10 Å². The van der Waals surface area contributed by atoms with Crippen LogP contribution in [-0.2, 0) is 6.54 Å². The van der Waals surface area contributed by atoms with Crippen molar-refractivity contribution in [2.45, 2.75) is 45.8 Å². The van der Waals surface area contributed by atoms with Crippen LogP contribution in [0.1, 0.15) is 38.8 Å². The molecule has 1 N–H and O–H groups in total. The van der Waals surface area contributed by atoms with Crippen LogP contribution in [0.25, 0.3) is 0 Å². The molecule has 0 radical (unpaired) electrons. The zero-order chi connectivity index (χ0) is 13.8. The van der Waals surface area contributed by atoms with Gasteiger partial charge in [-0.15, -0.1) is 11.3 Å². The summed E-state index contributed by atoms with van der Waals surface area (Å²) in [5.74, 6) is 1.93. The Labute approximate surface area is 120 Å². The average molecular weight is 282 g/mol. The molecule has 1 heterocycles. The van der Waals surface area contributed by atoms with Crippen LogP contribution in [0.3, 0.4) is 0 Å². The van der Waals surface area contributed by atoms with Gasteiger partial charge in [0.25, 0.3) is 0 Å². The molecule has 108 valence electrons. The molecule has 3 nitrogen and oxygen atoms in total. The first-order valence-corrected chi connectivity index (χ1v) is 8.24. The number of aromatic nitrogens is 1. The summed E-state index contributed by atoms with van der Waals surface area (Å²) < 4.78 is 0. The Morgan fingerprint density at radius 1 is 1.47 bits per heavy atom. The highest BCUT2D eigenvalue weighted by Gasteiger charge is 2.31. The average Bonchev–Trinajstić information content (AvgIpc) is 2.84. The lowest BCUT2D eigenvalue weighted by molar-refractivity contribution is 0.0212. The smallest absolute Gasteiger partial charge is 0.0795 e. The van der Waals surface area contributed by atoms with Crippen molar-refractivity contribution in [2.75, 3.05) is 13.6 Å². The second-order valence-electron chi connectivity index (χ2n) is 6.32. The summed E-state index contributed by atoms with van der Waals surface area (Å²) in [6.45, 7) is 6.47. The number of rotatable bonds is 5. The van der Waals surface area contributed by atoms with Crippen LogP contribution in [0.4, 0.5) is 0 Å². The van der Waals surface area contributed by atoms with E-state index in [0.717, 1.165) is 37.0 Å². The van der Waals surface area contributed by atoms with Crippen molar-refractivity contribution in [3.05, 3.63) is 16.6 Å². The Kier molecular flexibility index (Phi) is 5.37. The maximum Gasteiger partial charge on any atom is 0.0795 e. The molecule has 1 aromatic rings. The zero-order valence-electron chi connectivity index (χ0n) is 12.2. The minimum Gasteiger partial charge on any atom is -0.393 e. The first kappa shape index (κ1) is 14.9. The van der Waals surface area contributed by atoms with E-state index < -0.39 is 0 Å². The van der Waals surface area contributed by atoms with E-state index in [1.807, 2.05) is 5.51 Å². The van der Waals surface area contributed by atoms with Crippen molar-refractivity contribution >= 4 is 11.3 Å². The minimum absolute atomic E-state index is 0.118. The predicted molar refractivity (Wildman–Crippen MR) is 80.1 cm³/mol. The Morgan fingerprint density at radius 2 is 2.26 bits per heavy atom. The fourth-order valence-electron chi connectivity index (χ4n) is 3.14. The van der Waals surface area contributed by atoms with Crippen LogP contribution < -0.4 is 0 Å². The van der Waals surface area contributed by atoms with E-state index in [2.05, 4.69) is 36.2 Å². The highest BCUT2D eigenvalue weighted by molar-refractivity contribution is 7.07. The van der Waals surface area contributed by atoms with Crippen molar-refractivity contribution in [1.29, 1.82) is 0 Å². The molecule has 19 heavy (non-hydrogen) atoms. The molecule has 0 saturated heterocycles. The third-order valence-corrected chi connectivity index (χ3v) is 5.02. The van der Waals surface area contributed by atoms with E-state index in [1.54, 1.807) is 11.3 Å². The Morgan fingerprint density at radius 3 is 2.89 bits per heavy atom. The molecule has 3 unspecified atom stereocenters. The highest BCUT2D eigenvalue weighted by Crippen LogP contribution is 2.34. The molecule has 1 saturated carbocycles.